The molecule has 0 aliphatic carbocycles. The van der Waals surface area contributed by atoms with Crippen LogP contribution < -0.4 is 5.73 Å². The van der Waals surface area contributed by atoms with Crippen LogP contribution in [-0.4, -0.2) is 56.6 Å². The van der Waals surface area contributed by atoms with Gasteiger partial charge in [0.2, 0.25) is 0 Å². The molecule has 0 aromatic heterocycles. The van der Waals surface area contributed by atoms with Crippen molar-refractivity contribution in [3.63, 3.8) is 0 Å². The average Bonchev–Trinajstić information content (AvgIpc) is 2.03. The summed E-state index contributed by atoms with van der Waals surface area (Å²) in [6.07, 6.45) is 2.29. The molecule has 0 rings (SSSR count). The van der Waals surface area contributed by atoms with E-state index in [2.05, 4.69) is 37.9 Å². The van der Waals surface area contributed by atoms with Crippen LogP contribution in [0.1, 0.15) is 19.8 Å². The van der Waals surface area contributed by atoms with Crippen LogP contribution in [-0.2, 0) is 0 Å². The van der Waals surface area contributed by atoms with E-state index in [9.17, 15) is 0 Å². The van der Waals surface area contributed by atoms with Crippen molar-refractivity contribution in [3.05, 3.63) is 0 Å². The molecule has 0 spiro atoms. The number of hydrogen-bond acceptors (Lipinski definition) is 3. The van der Waals surface area contributed by atoms with Gasteiger partial charge in [0.05, 0.1) is 0 Å². The molecule has 0 aliphatic rings. The summed E-state index contributed by atoms with van der Waals surface area (Å²) in [5.41, 5.74) is 5.85. The van der Waals surface area contributed by atoms with E-state index < -0.39 is 0 Å². The van der Waals surface area contributed by atoms with E-state index in [1.165, 1.54) is 6.42 Å². The molecule has 0 aliphatic heterocycles. The van der Waals surface area contributed by atoms with Crippen LogP contribution in [0.15, 0.2) is 0 Å². The molecule has 0 radical (unpaired) electrons. The Kier molecular flexibility index (Phi) is 7.23. The highest BCUT2D eigenvalue weighted by Gasteiger charge is 2.03. The predicted octanol–water partition coefficient (Wildman–Crippen LogP) is 0.607. The van der Waals surface area contributed by atoms with Gasteiger partial charge >= 0.3 is 0 Å². The molecule has 0 bridgehead atoms. The zero-order chi connectivity index (χ0) is 10.3. The highest BCUT2D eigenvalue weighted by atomic mass is 15.1. The van der Waals surface area contributed by atoms with Crippen molar-refractivity contribution in [2.24, 2.45) is 5.73 Å². The molecule has 1 atom stereocenters. The Hall–Kier alpha value is -0.120. The maximum atomic E-state index is 5.85. The van der Waals surface area contributed by atoms with Crippen LogP contribution in [0.4, 0.5) is 0 Å². The van der Waals surface area contributed by atoms with Crippen LogP contribution in [0.2, 0.25) is 0 Å². The second-order valence-corrected chi connectivity index (χ2v) is 4.09. The first-order valence-electron chi connectivity index (χ1n) is 5.15. The van der Waals surface area contributed by atoms with Crippen LogP contribution in [0.3, 0.4) is 0 Å². The standard InChI is InChI=1S/C10H25N3/c1-5-10(11)9-13(4)8-6-7-12(2)3/h10H,5-9,11H2,1-4H3/t10-/m0/s1. The summed E-state index contributed by atoms with van der Waals surface area (Å²) in [6.45, 7) is 5.46. The molecule has 0 amide bonds. The minimum Gasteiger partial charge on any atom is -0.327 e. The number of rotatable bonds is 7. The number of hydrogen-bond donors (Lipinski definition) is 1. The van der Waals surface area contributed by atoms with E-state index in [1.807, 2.05) is 0 Å². The molecular weight excluding hydrogens is 162 g/mol. The zero-order valence-electron chi connectivity index (χ0n) is 9.58. The lowest BCUT2D eigenvalue weighted by molar-refractivity contribution is 0.283. The summed E-state index contributed by atoms with van der Waals surface area (Å²) in [5.74, 6) is 0. The van der Waals surface area contributed by atoms with Gasteiger partial charge in [-0.3, -0.25) is 0 Å². The van der Waals surface area contributed by atoms with Gasteiger partial charge in [-0.2, -0.15) is 0 Å². The smallest absolute Gasteiger partial charge is 0.0165 e. The summed E-state index contributed by atoms with van der Waals surface area (Å²) in [5, 5.41) is 0. The fourth-order valence-electron chi connectivity index (χ4n) is 1.28. The van der Waals surface area contributed by atoms with Gasteiger partial charge in [0, 0.05) is 12.6 Å². The van der Waals surface area contributed by atoms with Crippen molar-refractivity contribution >= 4 is 0 Å². The van der Waals surface area contributed by atoms with Gasteiger partial charge in [-0.25, -0.2) is 0 Å². The van der Waals surface area contributed by atoms with E-state index in [0.717, 1.165) is 26.1 Å². The van der Waals surface area contributed by atoms with Crippen molar-refractivity contribution in [3.8, 4) is 0 Å². The fraction of sp³-hybridized carbons (Fsp3) is 1.00. The highest BCUT2D eigenvalue weighted by molar-refractivity contribution is 4.63. The molecule has 3 nitrogen and oxygen atoms in total. The molecule has 2 N–H and O–H groups in total. The lowest BCUT2D eigenvalue weighted by atomic mass is 10.2. The van der Waals surface area contributed by atoms with E-state index in [1.54, 1.807) is 0 Å². The maximum Gasteiger partial charge on any atom is 0.0165 e. The van der Waals surface area contributed by atoms with Crippen molar-refractivity contribution < 1.29 is 0 Å². The van der Waals surface area contributed by atoms with Gasteiger partial charge in [-0.15, -0.1) is 0 Å². The summed E-state index contributed by atoms with van der Waals surface area (Å²) in [6, 6.07) is 0.337. The zero-order valence-corrected chi connectivity index (χ0v) is 9.58. The largest absolute Gasteiger partial charge is 0.327 e. The van der Waals surface area contributed by atoms with Gasteiger partial charge in [-0.1, -0.05) is 6.92 Å². The summed E-state index contributed by atoms with van der Waals surface area (Å²) in [7, 11) is 6.36. The minimum atomic E-state index is 0.337. The monoisotopic (exact) mass is 187 g/mol. The first-order chi connectivity index (χ1) is 6.06. The molecule has 13 heavy (non-hydrogen) atoms. The van der Waals surface area contributed by atoms with Gasteiger partial charge in [0.25, 0.3) is 0 Å². The first-order valence-corrected chi connectivity index (χ1v) is 5.15. The molecule has 0 aromatic rings. The van der Waals surface area contributed by atoms with Crippen LogP contribution in [0, 0.1) is 0 Å². The van der Waals surface area contributed by atoms with Crippen molar-refractivity contribution in [1.82, 2.24) is 9.80 Å². The first kappa shape index (κ1) is 12.9. The Balaban J connectivity index is 3.34. The normalized spacial score (nSPS) is 14.1. The summed E-state index contributed by atoms with van der Waals surface area (Å²) < 4.78 is 0. The molecule has 0 heterocycles. The molecule has 0 saturated heterocycles. The fourth-order valence-corrected chi connectivity index (χ4v) is 1.28. The van der Waals surface area contributed by atoms with Crippen molar-refractivity contribution in [2.75, 3.05) is 40.8 Å². The Morgan fingerprint density at radius 1 is 1.15 bits per heavy atom. The third-order valence-corrected chi connectivity index (χ3v) is 2.22. The van der Waals surface area contributed by atoms with Crippen LogP contribution in [0.5, 0.6) is 0 Å². The average molecular weight is 187 g/mol. The molecule has 0 aromatic carbocycles. The summed E-state index contributed by atoms with van der Waals surface area (Å²) >= 11 is 0. The maximum absolute atomic E-state index is 5.85. The quantitative estimate of drug-likeness (QED) is 0.634. The predicted molar refractivity (Wildman–Crippen MR) is 58.9 cm³/mol. The van der Waals surface area contributed by atoms with E-state index >= 15 is 0 Å². The molecule has 80 valence electrons. The van der Waals surface area contributed by atoms with Crippen molar-refractivity contribution in [1.29, 1.82) is 0 Å². The third kappa shape index (κ3) is 8.22. The Labute approximate surface area is 82.9 Å². The van der Waals surface area contributed by atoms with E-state index in [-0.39, 0.29) is 0 Å². The van der Waals surface area contributed by atoms with E-state index in [0.29, 0.717) is 6.04 Å². The molecule has 3 heteroatoms. The number of likely N-dealkylation sites (N-methyl/N-ethyl adjacent to an activating group) is 1. The number of nitrogens with zero attached hydrogens (tertiary/aromatic N) is 2. The number of nitrogens with two attached hydrogens (primary N) is 1. The lowest BCUT2D eigenvalue weighted by Gasteiger charge is -2.21. The second-order valence-electron chi connectivity index (χ2n) is 4.09. The lowest BCUT2D eigenvalue weighted by Crippen LogP contribution is -2.35. The van der Waals surface area contributed by atoms with Crippen LogP contribution >= 0.6 is 0 Å². The second kappa shape index (κ2) is 7.30. The van der Waals surface area contributed by atoms with E-state index in [4.69, 9.17) is 5.73 Å². The Bertz CT molecular complexity index is 115. The van der Waals surface area contributed by atoms with Crippen LogP contribution in [0.25, 0.3) is 0 Å². The molecule has 0 fully saturated rings. The highest BCUT2D eigenvalue weighted by Crippen LogP contribution is 1.93. The molecule has 0 saturated carbocycles. The third-order valence-electron chi connectivity index (χ3n) is 2.22. The van der Waals surface area contributed by atoms with Gasteiger partial charge < -0.3 is 15.5 Å². The van der Waals surface area contributed by atoms with Crippen molar-refractivity contribution in [2.45, 2.75) is 25.8 Å². The van der Waals surface area contributed by atoms with Gasteiger partial charge in [-0.05, 0) is 47.1 Å². The minimum absolute atomic E-state index is 0.337. The molecular formula is C10H25N3. The summed E-state index contributed by atoms with van der Waals surface area (Å²) in [4.78, 5) is 4.53. The SMILES string of the molecule is CC[C@H](N)CN(C)CCCN(C)C. The topological polar surface area (TPSA) is 32.5 Å². The van der Waals surface area contributed by atoms with Gasteiger partial charge in [0.1, 0.15) is 0 Å². The Morgan fingerprint density at radius 3 is 2.23 bits per heavy atom. The van der Waals surface area contributed by atoms with Gasteiger partial charge in [0.15, 0.2) is 0 Å². The Morgan fingerprint density at radius 2 is 1.77 bits per heavy atom. The molecule has 0 unspecified atom stereocenters.